The molecule has 0 radical (unpaired) electrons. The standard InChI is InChI=1S/C19H16ClN3O2/c20-15-3-1-14(2-4-15)16-11-17(23-25-16)19(7-8-19)18(24)22-12-13-5-9-21-10-6-13/h1-6,9-11H,7-8,12H2,(H,22,24). The number of halogens is 1. The molecule has 2 heterocycles. The molecule has 0 bridgehead atoms. The molecule has 0 unspecified atom stereocenters. The van der Waals surface area contributed by atoms with Crippen LogP contribution in [0.2, 0.25) is 5.02 Å². The molecule has 0 aliphatic heterocycles. The third kappa shape index (κ3) is 3.15. The van der Waals surface area contributed by atoms with Crippen LogP contribution in [-0.2, 0) is 16.8 Å². The van der Waals surface area contributed by atoms with Crippen molar-refractivity contribution in [2.24, 2.45) is 0 Å². The van der Waals surface area contributed by atoms with Crippen molar-refractivity contribution in [3.63, 3.8) is 0 Å². The van der Waals surface area contributed by atoms with Crippen LogP contribution in [0.4, 0.5) is 0 Å². The lowest BCUT2D eigenvalue weighted by atomic mass is 10.00. The predicted molar refractivity (Wildman–Crippen MR) is 93.9 cm³/mol. The Kier molecular flexibility index (Phi) is 4.01. The first kappa shape index (κ1) is 15.8. The number of hydrogen-bond donors (Lipinski definition) is 1. The number of amides is 1. The molecule has 1 aliphatic carbocycles. The molecule has 1 amide bonds. The number of rotatable bonds is 5. The fourth-order valence-corrected chi connectivity index (χ4v) is 2.95. The number of carbonyl (C=O) groups excluding carboxylic acids is 1. The summed E-state index contributed by atoms with van der Waals surface area (Å²) in [4.78, 5) is 16.6. The monoisotopic (exact) mass is 353 g/mol. The van der Waals surface area contributed by atoms with Gasteiger partial charge in [0.15, 0.2) is 5.76 Å². The van der Waals surface area contributed by atoms with E-state index in [1.54, 1.807) is 24.5 Å². The zero-order valence-electron chi connectivity index (χ0n) is 13.4. The van der Waals surface area contributed by atoms with Gasteiger partial charge >= 0.3 is 0 Å². The van der Waals surface area contributed by atoms with Crippen LogP contribution < -0.4 is 5.32 Å². The van der Waals surface area contributed by atoms with Gasteiger partial charge in [-0.1, -0.05) is 16.8 Å². The molecular formula is C19H16ClN3O2. The normalized spacial score (nSPS) is 14.9. The van der Waals surface area contributed by atoms with Gasteiger partial charge in [0.25, 0.3) is 0 Å². The van der Waals surface area contributed by atoms with Crippen molar-refractivity contribution in [3.8, 4) is 11.3 Å². The van der Waals surface area contributed by atoms with E-state index in [4.69, 9.17) is 16.1 Å². The highest BCUT2D eigenvalue weighted by molar-refractivity contribution is 6.30. The van der Waals surface area contributed by atoms with Crippen LogP contribution >= 0.6 is 11.6 Å². The molecule has 1 N–H and O–H groups in total. The molecule has 5 nitrogen and oxygen atoms in total. The average molecular weight is 354 g/mol. The van der Waals surface area contributed by atoms with E-state index in [0.717, 1.165) is 24.0 Å². The highest BCUT2D eigenvalue weighted by atomic mass is 35.5. The Morgan fingerprint density at radius 3 is 2.56 bits per heavy atom. The molecule has 0 saturated heterocycles. The number of hydrogen-bond acceptors (Lipinski definition) is 4. The Morgan fingerprint density at radius 1 is 1.16 bits per heavy atom. The smallest absolute Gasteiger partial charge is 0.232 e. The Hall–Kier alpha value is -2.66. The summed E-state index contributed by atoms with van der Waals surface area (Å²) < 4.78 is 5.45. The lowest BCUT2D eigenvalue weighted by molar-refractivity contribution is -0.123. The second-order valence-corrected chi connectivity index (χ2v) is 6.64. The van der Waals surface area contributed by atoms with Crippen LogP contribution in [0.1, 0.15) is 24.1 Å². The minimum absolute atomic E-state index is 0.0136. The van der Waals surface area contributed by atoms with E-state index in [2.05, 4.69) is 15.5 Å². The van der Waals surface area contributed by atoms with Gasteiger partial charge in [-0.15, -0.1) is 0 Å². The number of nitrogens with one attached hydrogen (secondary N) is 1. The summed E-state index contributed by atoms with van der Waals surface area (Å²) in [6, 6.07) is 13.0. The SMILES string of the molecule is O=C(NCc1ccncc1)C1(c2cc(-c3ccc(Cl)cc3)on2)CC1. The fraction of sp³-hybridized carbons (Fsp3) is 0.211. The number of benzene rings is 1. The molecule has 1 fully saturated rings. The number of aromatic nitrogens is 2. The van der Waals surface area contributed by atoms with E-state index < -0.39 is 5.41 Å². The van der Waals surface area contributed by atoms with Crippen molar-refractivity contribution < 1.29 is 9.32 Å². The third-order valence-electron chi connectivity index (χ3n) is 4.52. The van der Waals surface area contributed by atoms with Gasteiger partial charge in [-0.05, 0) is 54.8 Å². The summed E-state index contributed by atoms with van der Waals surface area (Å²) in [5, 5.41) is 7.80. The van der Waals surface area contributed by atoms with Crippen molar-refractivity contribution in [2.45, 2.75) is 24.8 Å². The first-order valence-electron chi connectivity index (χ1n) is 8.08. The van der Waals surface area contributed by atoms with Crippen LogP contribution in [0.25, 0.3) is 11.3 Å². The lowest BCUT2D eigenvalue weighted by Crippen LogP contribution is -2.34. The van der Waals surface area contributed by atoms with Crippen LogP contribution in [0.3, 0.4) is 0 Å². The number of carbonyl (C=O) groups is 1. The average Bonchev–Trinajstić information content (AvgIpc) is 3.31. The molecule has 3 aromatic rings. The Bertz CT molecular complexity index is 887. The highest BCUT2D eigenvalue weighted by Crippen LogP contribution is 2.48. The van der Waals surface area contributed by atoms with Crippen LogP contribution in [0.5, 0.6) is 0 Å². The lowest BCUT2D eigenvalue weighted by Gasteiger charge is -2.12. The zero-order valence-corrected chi connectivity index (χ0v) is 14.2. The quantitative estimate of drug-likeness (QED) is 0.758. The van der Waals surface area contributed by atoms with Crippen molar-refractivity contribution in [2.75, 3.05) is 0 Å². The van der Waals surface area contributed by atoms with Crippen molar-refractivity contribution in [1.82, 2.24) is 15.5 Å². The molecule has 126 valence electrons. The Balaban J connectivity index is 1.49. The highest BCUT2D eigenvalue weighted by Gasteiger charge is 2.53. The Morgan fingerprint density at radius 2 is 1.88 bits per heavy atom. The summed E-state index contributed by atoms with van der Waals surface area (Å²) in [5.41, 5.74) is 2.02. The van der Waals surface area contributed by atoms with Gasteiger partial charge in [0.05, 0.1) is 11.1 Å². The first-order valence-corrected chi connectivity index (χ1v) is 8.45. The van der Waals surface area contributed by atoms with Gasteiger partial charge in [-0.2, -0.15) is 0 Å². The molecule has 1 aliphatic rings. The molecule has 0 atom stereocenters. The van der Waals surface area contributed by atoms with E-state index in [9.17, 15) is 4.79 Å². The summed E-state index contributed by atoms with van der Waals surface area (Å²) in [6.45, 7) is 0.477. The molecular weight excluding hydrogens is 338 g/mol. The topological polar surface area (TPSA) is 68.0 Å². The maximum Gasteiger partial charge on any atom is 0.232 e. The van der Waals surface area contributed by atoms with E-state index in [1.807, 2.05) is 30.3 Å². The largest absolute Gasteiger partial charge is 0.356 e. The second-order valence-electron chi connectivity index (χ2n) is 6.20. The first-order chi connectivity index (χ1) is 12.2. The molecule has 25 heavy (non-hydrogen) atoms. The minimum atomic E-state index is -0.568. The van der Waals surface area contributed by atoms with E-state index >= 15 is 0 Å². The zero-order chi connectivity index (χ0) is 17.3. The van der Waals surface area contributed by atoms with Crippen molar-refractivity contribution in [1.29, 1.82) is 0 Å². The number of pyridine rings is 1. The molecule has 2 aromatic heterocycles. The van der Waals surface area contributed by atoms with Gasteiger partial charge in [-0.3, -0.25) is 9.78 Å². The van der Waals surface area contributed by atoms with E-state index in [0.29, 0.717) is 23.0 Å². The summed E-state index contributed by atoms with van der Waals surface area (Å²) in [7, 11) is 0. The summed E-state index contributed by atoms with van der Waals surface area (Å²) in [6.07, 6.45) is 4.98. The maximum absolute atomic E-state index is 12.7. The minimum Gasteiger partial charge on any atom is -0.356 e. The van der Waals surface area contributed by atoms with Crippen LogP contribution in [-0.4, -0.2) is 16.0 Å². The van der Waals surface area contributed by atoms with Crippen LogP contribution in [0.15, 0.2) is 59.4 Å². The molecule has 6 heteroatoms. The third-order valence-corrected chi connectivity index (χ3v) is 4.77. The van der Waals surface area contributed by atoms with Gasteiger partial charge in [-0.25, -0.2) is 0 Å². The van der Waals surface area contributed by atoms with Gasteiger partial charge in [0.1, 0.15) is 0 Å². The summed E-state index contributed by atoms with van der Waals surface area (Å²) >= 11 is 5.91. The molecule has 1 saturated carbocycles. The number of nitrogens with zero attached hydrogens (tertiary/aromatic N) is 2. The maximum atomic E-state index is 12.7. The fourth-order valence-electron chi connectivity index (χ4n) is 2.83. The predicted octanol–water partition coefficient (Wildman–Crippen LogP) is 3.74. The van der Waals surface area contributed by atoms with Gasteiger partial charge < -0.3 is 9.84 Å². The molecule has 0 spiro atoms. The van der Waals surface area contributed by atoms with Crippen molar-refractivity contribution >= 4 is 17.5 Å². The van der Waals surface area contributed by atoms with Gasteiger partial charge in [0, 0.05) is 35.6 Å². The molecule has 4 rings (SSSR count). The van der Waals surface area contributed by atoms with E-state index in [-0.39, 0.29) is 5.91 Å². The van der Waals surface area contributed by atoms with Crippen molar-refractivity contribution in [3.05, 3.63) is 71.1 Å². The van der Waals surface area contributed by atoms with Crippen LogP contribution in [0, 0.1) is 0 Å². The molecule has 1 aromatic carbocycles. The van der Waals surface area contributed by atoms with E-state index in [1.165, 1.54) is 0 Å². The second kappa shape index (κ2) is 6.33. The Labute approximate surface area is 150 Å². The summed E-state index contributed by atoms with van der Waals surface area (Å²) in [5.74, 6) is 0.625. The van der Waals surface area contributed by atoms with Gasteiger partial charge in [0.2, 0.25) is 5.91 Å².